The average molecular weight is 419 g/mol. The Labute approximate surface area is 177 Å². The molecule has 0 saturated carbocycles. The van der Waals surface area contributed by atoms with E-state index in [9.17, 15) is 19.7 Å². The smallest absolute Gasteiger partial charge is 0.343 e. The zero-order chi connectivity index (χ0) is 22.2. The van der Waals surface area contributed by atoms with Gasteiger partial charge < -0.3 is 9.47 Å². The lowest BCUT2D eigenvalue weighted by atomic mass is 10.2. The monoisotopic (exact) mass is 419 g/mol. The van der Waals surface area contributed by atoms with E-state index in [0.29, 0.717) is 22.6 Å². The quantitative estimate of drug-likeness (QED) is 0.205. The average Bonchev–Trinajstić information content (AvgIpc) is 2.79. The Kier molecular flexibility index (Phi) is 6.69. The van der Waals surface area contributed by atoms with E-state index < -0.39 is 16.8 Å². The SMILES string of the molecule is COc1ccc(C(=O)Oc2cccc(/C=N/NC(=O)c3ccc([N+](=O)[O-])cc3)c2)cc1. The number of nitrogens with one attached hydrogen (secondary N) is 1. The highest BCUT2D eigenvalue weighted by Gasteiger charge is 2.10. The van der Waals surface area contributed by atoms with Gasteiger partial charge in [0, 0.05) is 17.7 Å². The van der Waals surface area contributed by atoms with E-state index in [0.717, 1.165) is 0 Å². The number of hydrogen-bond donors (Lipinski definition) is 1. The van der Waals surface area contributed by atoms with E-state index in [4.69, 9.17) is 9.47 Å². The van der Waals surface area contributed by atoms with Gasteiger partial charge in [-0.1, -0.05) is 12.1 Å². The van der Waals surface area contributed by atoms with Crippen molar-refractivity contribution in [2.75, 3.05) is 7.11 Å². The molecule has 0 unspecified atom stereocenters. The number of carbonyl (C=O) groups is 2. The molecule has 0 aromatic heterocycles. The summed E-state index contributed by atoms with van der Waals surface area (Å²) < 4.78 is 10.4. The maximum Gasteiger partial charge on any atom is 0.343 e. The molecule has 0 fully saturated rings. The van der Waals surface area contributed by atoms with Crippen LogP contribution < -0.4 is 14.9 Å². The molecule has 0 spiro atoms. The highest BCUT2D eigenvalue weighted by molar-refractivity contribution is 5.95. The number of methoxy groups -OCH3 is 1. The van der Waals surface area contributed by atoms with Gasteiger partial charge in [-0.05, 0) is 54.1 Å². The Balaban J connectivity index is 1.60. The summed E-state index contributed by atoms with van der Waals surface area (Å²) in [4.78, 5) is 34.4. The Morgan fingerprint density at radius 1 is 0.968 bits per heavy atom. The van der Waals surface area contributed by atoms with Crippen LogP contribution >= 0.6 is 0 Å². The number of carbonyl (C=O) groups excluding carboxylic acids is 2. The molecule has 0 saturated heterocycles. The van der Waals surface area contributed by atoms with E-state index in [1.807, 2.05) is 0 Å². The molecule has 3 rings (SSSR count). The Hall–Kier alpha value is -4.53. The van der Waals surface area contributed by atoms with E-state index >= 15 is 0 Å². The van der Waals surface area contributed by atoms with Crippen molar-refractivity contribution < 1.29 is 24.0 Å². The second kappa shape index (κ2) is 9.79. The Morgan fingerprint density at radius 3 is 2.29 bits per heavy atom. The zero-order valence-electron chi connectivity index (χ0n) is 16.3. The van der Waals surface area contributed by atoms with Crippen LogP contribution in [0.1, 0.15) is 26.3 Å². The van der Waals surface area contributed by atoms with Gasteiger partial charge in [-0.3, -0.25) is 14.9 Å². The summed E-state index contributed by atoms with van der Waals surface area (Å²) in [5, 5.41) is 14.5. The van der Waals surface area contributed by atoms with Gasteiger partial charge >= 0.3 is 5.97 Å². The largest absolute Gasteiger partial charge is 0.497 e. The molecule has 1 amide bonds. The number of hydrogen-bond acceptors (Lipinski definition) is 7. The maximum absolute atomic E-state index is 12.3. The standard InChI is InChI=1S/C22H17N3O6/c1-30-19-11-7-17(8-12-19)22(27)31-20-4-2-3-15(13-20)14-23-24-21(26)16-5-9-18(10-6-16)25(28)29/h2-14H,1H3,(H,24,26)/b23-14+. The van der Waals surface area contributed by atoms with Gasteiger partial charge in [0.25, 0.3) is 11.6 Å². The van der Waals surface area contributed by atoms with Crippen molar-refractivity contribution >= 4 is 23.8 Å². The van der Waals surface area contributed by atoms with Gasteiger partial charge in [0.1, 0.15) is 11.5 Å². The molecule has 9 nitrogen and oxygen atoms in total. The van der Waals surface area contributed by atoms with Crippen molar-refractivity contribution in [3.63, 3.8) is 0 Å². The summed E-state index contributed by atoms with van der Waals surface area (Å²) in [7, 11) is 1.54. The molecule has 3 aromatic rings. The summed E-state index contributed by atoms with van der Waals surface area (Å²) in [5.41, 5.74) is 3.41. The fourth-order valence-electron chi connectivity index (χ4n) is 2.52. The van der Waals surface area contributed by atoms with Gasteiger partial charge in [0.15, 0.2) is 0 Å². The molecule has 1 N–H and O–H groups in total. The number of non-ortho nitro benzene ring substituents is 1. The van der Waals surface area contributed by atoms with Crippen LogP contribution in [0.25, 0.3) is 0 Å². The van der Waals surface area contributed by atoms with Crippen molar-refractivity contribution in [1.29, 1.82) is 0 Å². The first-order chi connectivity index (χ1) is 15.0. The van der Waals surface area contributed by atoms with Gasteiger partial charge in [0.2, 0.25) is 0 Å². The number of nitro groups is 1. The fraction of sp³-hybridized carbons (Fsp3) is 0.0455. The molecule has 0 radical (unpaired) electrons. The van der Waals surface area contributed by atoms with Gasteiger partial charge in [-0.15, -0.1) is 0 Å². The molecule has 156 valence electrons. The number of esters is 1. The lowest BCUT2D eigenvalue weighted by Gasteiger charge is -2.06. The number of ether oxygens (including phenoxy) is 2. The summed E-state index contributed by atoms with van der Waals surface area (Å²) in [6, 6.07) is 18.3. The van der Waals surface area contributed by atoms with E-state index in [2.05, 4.69) is 10.5 Å². The number of hydrazone groups is 1. The van der Waals surface area contributed by atoms with Crippen LogP contribution in [0.2, 0.25) is 0 Å². The van der Waals surface area contributed by atoms with Gasteiger partial charge in [-0.25, -0.2) is 10.2 Å². The number of benzene rings is 3. The van der Waals surface area contributed by atoms with E-state index in [-0.39, 0.29) is 11.3 Å². The molecule has 0 aliphatic rings. The van der Waals surface area contributed by atoms with E-state index in [1.54, 1.807) is 48.5 Å². The topological polar surface area (TPSA) is 120 Å². The van der Waals surface area contributed by atoms with Crippen molar-refractivity contribution in [3.8, 4) is 11.5 Å². The minimum Gasteiger partial charge on any atom is -0.497 e. The number of nitrogens with zero attached hydrogens (tertiary/aromatic N) is 2. The summed E-state index contributed by atoms with van der Waals surface area (Å²) in [5.74, 6) is -0.103. The highest BCUT2D eigenvalue weighted by Crippen LogP contribution is 2.17. The molecular weight excluding hydrogens is 402 g/mol. The Morgan fingerprint density at radius 2 is 1.65 bits per heavy atom. The van der Waals surface area contributed by atoms with Crippen molar-refractivity contribution in [2.45, 2.75) is 0 Å². The predicted molar refractivity (Wildman–Crippen MR) is 113 cm³/mol. The first kappa shape index (κ1) is 21.2. The minimum atomic E-state index is -0.547. The molecule has 3 aromatic carbocycles. The van der Waals surface area contributed by atoms with Crippen LogP contribution in [-0.2, 0) is 0 Å². The zero-order valence-corrected chi connectivity index (χ0v) is 16.3. The molecule has 0 heterocycles. The summed E-state index contributed by atoms with van der Waals surface area (Å²) in [6.07, 6.45) is 1.38. The molecule has 0 bridgehead atoms. The van der Waals surface area contributed by atoms with Gasteiger partial charge in [0.05, 0.1) is 23.8 Å². The van der Waals surface area contributed by atoms with Crippen molar-refractivity contribution in [3.05, 3.63) is 99.6 Å². The maximum atomic E-state index is 12.3. The predicted octanol–water partition coefficient (Wildman–Crippen LogP) is 3.59. The van der Waals surface area contributed by atoms with Crippen LogP contribution in [0.4, 0.5) is 5.69 Å². The second-order valence-corrected chi connectivity index (χ2v) is 6.19. The third-order valence-electron chi connectivity index (χ3n) is 4.11. The molecule has 9 heteroatoms. The minimum absolute atomic E-state index is 0.110. The lowest BCUT2D eigenvalue weighted by Crippen LogP contribution is -2.17. The number of amides is 1. The van der Waals surface area contributed by atoms with Crippen LogP contribution in [0.3, 0.4) is 0 Å². The molecule has 0 atom stereocenters. The first-order valence-electron chi connectivity index (χ1n) is 9.00. The van der Waals surface area contributed by atoms with Crippen molar-refractivity contribution in [2.24, 2.45) is 5.10 Å². The Bertz CT molecular complexity index is 1120. The van der Waals surface area contributed by atoms with Crippen LogP contribution in [0.5, 0.6) is 11.5 Å². The van der Waals surface area contributed by atoms with Gasteiger partial charge in [-0.2, -0.15) is 5.10 Å². The third-order valence-corrected chi connectivity index (χ3v) is 4.11. The summed E-state index contributed by atoms with van der Waals surface area (Å²) in [6.45, 7) is 0. The van der Waals surface area contributed by atoms with E-state index in [1.165, 1.54) is 37.6 Å². The molecule has 31 heavy (non-hydrogen) atoms. The fourth-order valence-corrected chi connectivity index (χ4v) is 2.52. The first-order valence-corrected chi connectivity index (χ1v) is 9.00. The number of nitro benzene ring substituents is 1. The third kappa shape index (κ3) is 5.73. The number of rotatable bonds is 7. The molecule has 0 aliphatic heterocycles. The second-order valence-electron chi connectivity index (χ2n) is 6.19. The van der Waals surface area contributed by atoms with Crippen LogP contribution in [0, 0.1) is 10.1 Å². The highest BCUT2D eigenvalue weighted by atomic mass is 16.6. The van der Waals surface area contributed by atoms with Crippen LogP contribution in [0.15, 0.2) is 77.9 Å². The van der Waals surface area contributed by atoms with Crippen molar-refractivity contribution in [1.82, 2.24) is 5.43 Å². The summed E-state index contributed by atoms with van der Waals surface area (Å²) >= 11 is 0. The normalized spacial score (nSPS) is 10.5. The van der Waals surface area contributed by atoms with Crippen LogP contribution in [-0.4, -0.2) is 30.1 Å². The molecule has 0 aliphatic carbocycles. The molecular formula is C22H17N3O6. The lowest BCUT2D eigenvalue weighted by molar-refractivity contribution is -0.384.